The summed E-state index contributed by atoms with van der Waals surface area (Å²) >= 11 is 0. The maximum absolute atomic E-state index is 10.4. The van der Waals surface area contributed by atoms with Crippen molar-refractivity contribution >= 4 is 17.2 Å². The van der Waals surface area contributed by atoms with Gasteiger partial charge in [0.2, 0.25) is 5.82 Å². The van der Waals surface area contributed by atoms with Gasteiger partial charge in [-0.2, -0.15) is 0 Å². The highest BCUT2D eigenvalue weighted by atomic mass is 16.6. The predicted molar refractivity (Wildman–Crippen MR) is 59.9 cm³/mol. The van der Waals surface area contributed by atoms with Crippen LogP contribution in [0.3, 0.4) is 0 Å². The van der Waals surface area contributed by atoms with Crippen LogP contribution in [0.2, 0.25) is 0 Å². The number of nitrogens with zero attached hydrogens (tertiary/aromatic N) is 2. The molecular weight excluding hydrogens is 196 g/mol. The van der Waals surface area contributed by atoms with Gasteiger partial charge in [0.15, 0.2) is 0 Å². The maximum Gasteiger partial charge on any atom is 0.311 e. The van der Waals surface area contributed by atoms with E-state index in [9.17, 15) is 10.1 Å². The molecule has 0 fully saturated rings. The summed E-state index contributed by atoms with van der Waals surface area (Å²) in [6.07, 6.45) is 1.34. The molecule has 0 spiro atoms. The largest absolute Gasteiger partial charge is 0.399 e. The first-order valence-electron chi connectivity index (χ1n) is 4.37. The van der Waals surface area contributed by atoms with E-state index in [0.29, 0.717) is 5.56 Å². The summed E-state index contributed by atoms with van der Waals surface area (Å²) in [4.78, 5) is 13.4. The number of pyridine rings is 1. The number of anilines is 1. The van der Waals surface area contributed by atoms with Crippen molar-refractivity contribution in [3.05, 3.63) is 34.5 Å². The Morgan fingerprint density at radius 1 is 1.60 bits per heavy atom. The van der Waals surface area contributed by atoms with Crippen molar-refractivity contribution in [1.29, 1.82) is 0 Å². The minimum absolute atomic E-state index is 0.130. The maximum atomic E-state index is 10.4. The van der Waals surface area contributed by atoms with Gasteiger partial charge >= 0.3 is 5.69 Å². The molecule has 1 aromatic rings. The summed E-state index contributed by atoms with van der Waals surface area (Å²) in [5.74, 6) is -0.130. The molecule has 4 N–H and O–H groups in total. The summed E-state index contributed by atoms with van der Waals surface area (Å²) in [6, 6.07) is 1.24. The standard InChI is InChI=1S/C7H8N4O2.C2H6/c1-4(8)5-2-6(11(12)13)7(9)10-3-5;1-2/h2-3H,1,8H2,(H2,9,10);1-2H3. The van der Waals surface area contributed by atoms with E-state index in [4.69, 9.17) is 11.5 Å². The van der Waals surface area contributed by atoms with Gasteiger partial charge in [0, 0.05) is 23.5 Å². The molecule has 0 radical (unpaired) electrons. The normalized spacial score (nSPS) is 8.67. The van der Waals surface area contributed by atoms with Crippen LogP contribution in [0.15, 0.2) is 18.8 Å². The lowest BCUT2D eigenvalue weighted by Crippen LogP contribution is -2.01. The van der Waals surface area contributed by atoms with Gasteiger partial charge in [-0.15, -0.1) is 0 Å². The third-order valence-electron chi connectivity index (χ3n) is 1.46. The van der Waals surface area contributed by atoms with Crippen molar-refractivity contribution in [1.82, 2.24) is 4.98 Å². The molecule has 0 atom stereocenters. The Morgan fingerprint density at radius 2 is 2.13 bits per heavy atom. The van der Waals surface area contributed by atoms with Crippen LogP contribution in [0.4, 0.5) is 11.5 Å². The smallest absolute Gasteiger partial charge is 0.311 e. The summed E-state index contributed by atoms with van der Waals surface area (Å²) in [7, 11) is 0. The lowest BCUT2D eigenvalue weighted by molar-refractivity contribution is -0.384. The quantitative estimate of drug-likeness (QED) is 0.568. The van der Waals surface area contributed by atoms with Gasteiger partial charge in [-0.1, -0.05) is 20.4 Å². The van der Waals surface area contributed by atoms with E-state index in [-0.39, 0.29) is 17.2 Å². The molecule has 0 aromatic carbocycles. The zero-order valence-electron chi connectivity index (χ0n) is 8.73. The summed E-state index contributed by atoms with van der Waals surface area (Å²) < 4.78 is 0. The van der Waals surface area contributed by atoms with Crippen LogP contribution in [0.1, 0.15) is 19.4 Å². The monoisotopic (exact) mass is 210 g/mol. The van der Waals surface area contributed by atoms with Gasteiger partial charge in [-0.25, -0.2) is 4.98 Å². The molecule has 0 amide bonds. The van der Waals surface area contributed by atoms with Gasteiger partial charge < -0.3 is 11.5 Å². The predicted octanol–water partition coefficient (Wildman–Crippen LogP) is 1.53. The van der Waals surface area contributed by atoms with E-state index in [1.165, 1.54) is 12.3 Å². The molecule has 0 aliphatic rings. The second-order valence-electron chi connectivity index (χ2n) is 2.41. The molecule has 1 rings (SSSR count). The highest BCUT2D eigenvalue weighted by molar-refractivity contribution is 5.65. The Balaban J connectivity index is 0.000000921. The summed E-state index contributed by atoms with van der Waals surface area (Å²) in [6.45, 7) is 7.43. The molecule has 0 bridgehead atoms. The molecule has 15 heavy (non-hydrogen) atoms. The van der Waals surface area contributed by atoms with Gasteiger partial charge in [0.25, 0.3) is 0 Å². The highest BCUT2D eigenvalue weighted by Crippen LogP contribution is 2.21. The zero-order valence-corrected chi connectivity index (χ0v) is 8.73. The summed E-state index contributed by atoms with van der Waals surface area (Å²) in [5, 5.41) is 10.4. The Bertz CT molecular complexity index is 376. The molecule has 6 nitrogen and oxygen atoms in total. The number of nitrogen functional groups attached to an aromatic ring is 1. The van der Waals surface area contributed by atoms with Crippen LogP contribution in [-0.2, 0) is 0 Å². The molecule has 0 aliphatic heterocycles. The van der Waals surface area contributed by atoms with Crippen LogP contribution in [0, 0.1) is 10.1 Å². The van der Waals surface area contributed by atoms with Gasteiger partial charge in [0.05, 0.1) is 4.92 Å². The summed E-state index contributed by atoms with van der Waals surface area (Å²) in [5.41, 5.74) is 11.0. The van der Waals surface area contributed by atoms with Crippen LogP contribution < -0.4 is 11.5 Å². The van der Waals surface area contributed by atoms with Gasteiger partial charge in [0.1, 0.15) is 0 Å². The first-order chi connectivity index (χ1) is 7.02. The number of aromatic nitrogens is 1. The first kappa shape index (κ1) is 12.9. The van der Waals surface area contributed by atoms with Crippen molar-refractivity contribution in [2.45, 2.75) is 13.8 Å². The number of nitrogens with two attached hydrogens (primary N) is 2. The van der Waals surface area contributed by atoms with E-state index in [1.807, 2.05) is 13.8 Å². The van der Waals surface area contributed by atoms with Crippen molar-refractivity contribution in [3.8, 4) is 0 Å². The van der Waals surface area contributed by atoms with Crippen LogP contribution in [0.5, 0.6) is 0 Å². The SMILES string of the molecule is C=C(N)c1cnc(N)c([N+](=O)[O-])c1.CC. The minimum Gasteiger partial charge on any atom is -0.399 e. The molecule has 1 heterocycles. The average Bonchev–Trinajstić information content (AvgIpc) is 2.20. The fraction of sp³-hybridized carbons (Fsp3) is 0.222. The second kappa shape index (κ2) is 5.58. The minimum atomic E-state index is -0.616. The fourth-order valence-corrected chi connectivity index (χ4v) is 0.786. The third kappa shape index (κ3) is 3.26. The van der Waals surface area contributed by atoms with Crippen LogP contribution in [-0.4, -0.2) is 9.91 Å². The average molecular weight is 210 g/mol. The molecular formula is C9H14N4O2. The van der Waals surface area contributed by atoms with E-state index in [0.717, 1.165) is 0 Å². The number of hydrogen-bond acceptors (Lipinski definition) is 5. The van der Waals surface area contributed by atoms with E-state index < -0.39 is 4.92 Å². The Labute approximate surface area is 87.8 Å². The topological polar surface area (TPSA) is 108 Å². The Kier molecular flexibility index (Phi) is 4.80. The van der Waals surface area contributed by atoms with Gasteiger partial charge in [-0.3, -0.25) is 10.1 Å². The molecule has 0 saturated carbocycles. The molecule has 1 aromatic heterocycles. The number of nitro groups is 1. The molecule has 82 valence electrons. The van der Waals surface area contributed by atoms with Crippen LogP contribution >= 0.6 is 0 Å². The number of rotatable bonds is 2. The number of hydrogen-bond donors (Lipinski definition) is 2. The molecule has 0 unspecified atom stereocenters. The molecule has 0 aliphatic carbocycles. The van der Waals surface area contributed by atoms with E-state index in [2.05, 4.69) is 11.6 Å². The third-order valence-corrected chi connectivity index (χ3v) is 1.46. The Morgan fingerprint density at radius 3 is 2.53 bits per heavy atom. The second-order valence-corrected chi connectivity index (χ2v) is 2.41. The van der Waals surface area contributed by atoms with Gasteiger partial charge in [-0.05, 0) is 0 Å². The lowest BCUT2D eigenvalue weighted by atomic mass is 10.2. The molecule has 6 heteroatoms. The van der Waals surface area contributed by atoms with Crippen molar-refractivity contribution in [2.24, 2.45) is 5.73 Å². The highest BCUT2D eigenvalue weighted by Gasteiger charge is 2.13. The van der Waals surface area contributed by atoms with Crippen molar-refractivity contribution < 1.29 is 4.92 Å². The molecule has 0 saturated heterocycles. The van der Waals surface area contributed by atoms with Crippen molar-refractivity contribution in [3.63, 3.8) is 0 Å². The Hall–Kier alpha value is -2.11. The van der Waals surface area contributed by atoms with Crippen LogP contribution in [0.25, 0.3) is 5.70 Å². The first-order valence-corrected chi connectivity index (χ1v) is 4.37. The zero-order chi connectivity index (χ0) is 12.0. The lowest BCUT2D eigenvalue weighted by Gasteiger charge is -2.00. The van der Waals surface area contributed by atoms with E-state index in [1.54, 1.807) is 0 Å². The van der Waals surface area contributed by atoms with Crippen molar-refractivity contribution in [2.75, 3.05) is 5.73 Å². The fourth-order valence-electron chi connectivity index (χ4n) is 0.786. The van der Waals surface area contributed by atoms with E-state index >= 15 is 0 Å².